The standard InChI is InChI=1S/C28H39N5O5S/c1-17-15-24(38-5)18(2)19(3)25(17)39(36,37)32-20(4)27(34)31-23(28(35)33-13-7-6-8-14-33)16-21-9-11-22(12-10-21)26(29)30/h9-12,15,20,23,32H,6-8,13-14,16H2,1-5H3,(H3,29,30)(H,31,34). The summed E-state index contributed by atoms with van der Waals surface area (Å²) in [4.78, 5) is 28.5. The molecule has 39 heavy (non-hydrogen) atoms. The lowest BCUT2D eigenvalue weighted by molar-refractivity contribution is -0.137. The Balaban J connectivity index is 1.81. The number of nitrogens with zero attached hydrogens (tertiary/aromatic N) is 1. The number of ether oxygens (including phenoxy) is 1. The molecule has 0 bridgehead atoms. The van der Waals surface area contributed by atoms with Gasteiger partial charge in [0.1, 0.15) is 17.6 Å². The monoisotopic (exact) mass is 557 g/mol. The fourth-order valence-electron chi connectivity index (χ4n) is 4.88. The van der Waals surface area contributed by atoms with E-state index in [1.54, 1.807) is 56.0 Å². The van der Waals surface area contributed by atoms with E-state index >= 15 is 0 Å². The molecule has 1 fully saturated rings. The normalized spacial score (nSPS) is 15.4. The van der Waals surface area contributed by atoms with Crippen LogP contribution in [0.1, 0.15) is 54.0 Å². The quantitative estimate of drug-likeness (QED) is 0.260. The minimum absolute atomic E-state index is 0.0607. The predicted molar refractivity (Wildman–Crippen MR) is 151 cm³/mol. The third-order valence-electron chi connectivity index (χ3n) is 7.18. The van der Waals surface area contributed by atoms with Crippen molar-refractivity contribution in [3.05, 3.63) is 58.1 Å². The second kappa shape index (κ2) is 12.6. The molecule has 2 aromatic rings. The summed E-state index contributed by atoms with van der Waals surface area (Å²) in [6, 6.07) is 6.57. The lowest BCUT2D eigenvalue weighted by Gasteiger charge is -2.31. The van der Waals surface area contributed by atoms with Gasteiger partial charge < -0.3 is 20.7 Å². The molecule has 0 saturated carbocycles. The van der Waals surface area contributed by atoms with Gasteiger partial charge in [-0.05, 0) is 75.3 Å². The van der Waals surface area contributed by atoms with E-state index < -0.39 is 28.0 Å². The molecule has 0 spiro atoms. The lowest BCUT2D eigenvalue weighted by atomic mass is 10.0. The third kappa shape index (κ3) is 7.15. The molecular weight excluding hydrogens is 518 g/mol. The van der Waals surface area contributed by atoms with Crippen LogP contribution in [0, 0.1) is 26.2 Å². The molecule has 3 rings (SSSR count). The maximum absolute atomic E-state index is 13.4. The first kappa shape index (κ1) is 30.1. The zero-order chi connectivity index (χ0) is 28.9. The number of carbonyl (C=O) groups excluding carboxylic acids is 2. The average molecular weight is 558 g/mol. The van der Waals surface area contributed by atoms with Gasteiger partial charge in [0, 0.05) is 25.1 Å². The number of rotatable bonds is 10. The van der Waals surface area contributed by atoms with Crippen LogP contribution >= 0.6 is 0 Å². The first-order valence-corrected chi connectivity index (χ1v) is 14.5. The highest BCUT2D eigenvalue weighted by Gasteiger charge is 2.31. The molecule has 1 heterocycles. The second-order valence-corrected chi connectivity index (χ2v) is 11.7. The van der Waals surface area contributed by atoms with Gasteiger partial charge >= 0.3 is 0 Å². The van der Waals surface area contributed by atoms with E-state index in [4.69, 9.17) is 15.9 Å². The van der Waals surface area contributed by atoms with Crippen LogP contribution in [-0.4, -0.2) is 63.3 Å². The molecule has 10 nitrogen and oxygen atoms in total. The van der Waals surface area contributed by atoms with Crippen molar-refractivity contribution in [2.45, 2.75) is 70.4 Å². The number of amides is 2. The summed E-state index contributed by atoms with van der Waals surface area (Å²) in [5.41, 5.74) is 8.63. The fourth-order valence-corrected chi connectivity index (χ4v) is 6.61. The van der Waals surface area contributed by atoms with Crippen LogP contribution in [0.3, 0.4) is 0 Å². The van der Waals surface area contributed by atoms with E-state index in [0.29, 0.717) is 41.1 Å². The van der Waals surface area contributed by atoms with E-state index in [1.807, 2.05) is 0 Å². The van der Waals surface area contributed by atoms with Crippen LogP contribution < -0.4 is 20.5 Å². The van der Waals surface area contributed by atoms with Gasteiger partial charge in [-0.3, -0.25) is 15.0 Å². The number of methoxy groups -OCH3 is 1. The number of piperidine rings is 1. The molecule has 2 atom stereocenters. The maximum Gasteiger partial charge on any atom is 0.245 e. The van der Waals surface area contributed by atoms with Crippen LogP contribution in [0.5, 0.6) is 5.75 Å². The number of benzene rings is 2. The van der Waals surface area contributed by atoms with E-state index in [-0.39, 0.29) is 23.1 Å². The van der Waals surface area contributed by atoms with Crippen LogP contribution in [0.2, 0.25) is 0 Å². The van der Waals surface area contributed by atoms with Crippen molar-refractivity contribution >= 4 is 27.7 Å². The fraction of sp³-hybridized carbons (Fsp3) is 0.464. The molecule has 212 valence electrons. The highest BCUT2D eigenvalue weighted by Crippen LogP contribution is 2.30. The Kier molecular flexibility index (Phi) is 9.73. The molecule has 0 aromatic heterocycles. The summed E-state index contributed by atoms with van der Waals surface area (Å²) in [6.45, 7) is 7.85. The molecule has 0 aliphatic carbocycles. The van der Waals surface area contributed by atoms with E-state index in [2.05, 4.69) is 10.0 Å². The topological polar surface area (TPSA) is 155 Å². The molecule has 1 aliphatic rings. The maximum atomic E-state index is 13.4. The smallest absolute Gasteiger partial charge is 0.245 e. The second-order valence-electron chi connectivity index (χ2n) is 10.1. The highest BCUT2D eigenvalue weighted by molar-refractivity contribution is 7.89. The van der Waals surface area contributed by atoms with E-state index in [0.717, 1.165) is 24.8 Å². The van der Waals surface area contributed by atoms with Gasteiger partial charge in [0.05, 0.1) is 18.0 Å². The molecule has 1 saturated heterocycles. The van der Waals surface area contributed by atoms with Gasteiger partial charge in [-0.2, -0.15) is 4.72 Å². The van der Waals surface area contributed by atoms with Crippen molar-refractivity contribution in [1.29, 1.82) is 5.41 Å². The number of nitrogen functional groups attached to an aromatic ring is 1. The third-order valence-corrected chi connectivity index (χ3v) is 9.01. The Bertz CT molecular complexity index is 1340. The molecule has 11 heteroatoms. The van der Waals surface area contributed by atoms with Crippen molar-refractivity contribution < 1.29 is 22.7 Å². The first-order chi connectivity index (χ1) is 18.4. The minimum atomic E-state index is -4.06. The summed E-state index contributed by atoms with van der Waals surface area (Å²) >= 11 is 0. The van der Waals surface area contributed by atoms with Gasteiger partial charge in [0.2, 0.25) is 21.8 Å². The van der Waals surface area contributed by atoms with Crippen molar-refractivity contribution in [2.24, 2.45) is 5.73 Å². The van der Waals surface area contributed by atoms with E-state index in [9.17, 15) is 18.0 Å². The Hall–Kier alpha value is -3.44. The van der Waals surface area contributed by atoms with Crippen molar-refractivity contribution in [3.63, 3.8) is 0 Å². The molecule has 2 unspecified atom stereocenters. The molecule has 1 aliphatic heterocycles. The molecule has 2 aromatic carbocycles. The summed E-state index contributed by atoms with van der Waals surface area (Å²) in [5.74, 6) is -0.277. The molecule has 0 radical (unpaired) electrons. The Labute approximate surface area is 230 Å². The summed E-state index contributed by atoms with van der Waals surface area (Å²) in [7, 11) is -2.53. The summed E-state index contributed by atoms with van der Waals surface area (Å²) in [5, 5.41) is 10.4. The van der Waals surface area contributed by atoms with Gasteiger partial charge in [-0.15, -0.1) is 0 Å². The lowest BCUT2D eigenvalue weighted by Crippen LogP contribution is -2.55. The Morgan fingerprint density at radius 2 is 1.69 bits per heavy atom. The van der Waals surface area contributed by atoms with Crippen LogP contribution in [0.15, 0.2) is 35.2 Å². The van der Waals surface area contributed by atoms with Gasteiger partial charge in [-0.1, -0.05) is 24.3 Å². The number of hydrogen-bond donors (Lipinski definition) is 4. The minimum Gasteiger partial charge on any atom is -0.496 e. The van der Waals surface area contributed by atoms with Gasteiger partial charge in [0.15, 0.2) is 0 Å². The van der Waals surface area contributed by atoms with E-state index in [1.165, 1.54) is 14.0 Å². The number of nitrogens with one attached hydrogen (secondary N) is 3. The number of sulfonamides is 1. The van der Waals surface area contributed by atoms with Crippen LogP contribution in [-0.2, 0) is 26.0 Å². The number of aryl methyl sites for hydroxylation is 1. The number of carbonyl (C=O) groups is 2. The summed E-state index contributed by atoms with van der Waals surface area (Å²) in [6.07, 6.45) is 3.07. The number of amidine groups is 1. The molecular formula is C28H39N5O5S. The van der Waals surface area contributed by atoms with Crippen molar-refractivity contribution in [1.82, 2.24) is 14.9 Å². The molecule has 2 amide bonds. The largest absolute Gasteiger partial charge is 0.496 e. The average Bonchev–Trinajstić information content (AvgIpc) is 2.90. The van der Waals surface area contributed by atoms with Crippen LogP contribution in [0.25, 0.3) is 0 Å². The highest BCUT2D eigenvalue weighted by atomic mass is 32.2. The predicted octanol–water partition coefficient (Wildman–Crippen LogP) is 2.31. The SMILES string of the molecule is COc1cc(C)c(S(=O)(=O)NC(C)C(=O)NC(Cc2ccc(C(=N)N)cc2)C(=O)N2CCCCC2)c(C)c1C. The number of hydrogen-bond acceptors (Lipinski definition) is 6. The zero-order valence-corrected chi connectivity index (χ0v) is 24.1. The van der Waals surface area contributed by atoms with Crippen LogP contribution in [0.4, 0.5) is 0 Å². The zero-order valence-electron chi connectivity index (χ0n) is 23.3. The van der Waals surface area contributed by atoms with Gasteiger partial charge in [0.25, 0.3) is 0 Å². The number of nitrogens with two attached hydrogens (primary N) is 1. The number of likely N-dealkylation sites (tertiary alicyclic amines) is 1. The summed E-state index contributed by atoms with van der Waals surface area (Å²) < 4.78 is 34.5. The first-order valence-electron chi connectivity index (χ1n) is 13.0. The van der Waals surface area contributed by atoms with Crippen molar-refractivity contribution in [3.8, 4) is 5.75 Å². The molecule has 5 N–H and O–H groups in total. The van der Waals surface area contributed by atoms with Gasteiger partial charge in [-0.25, -0.2) is 8.42 Å². The van der Waals surface area contributed by atoms with Crippen molar-refractivity contribution in [2.75, 3.05) is 20.2 Å². The Morgan fingerprint density at radius 1 is 1.08 bits per heavy atom. The Morgan fingerprint density at radius 3 is 2.26 bits per heavy atom.